The zero-order chi connectivity index (χ0) is 26.8. The molecule has 2 heterocycles. The number of Topliss-reactive ketones (excluding diaryl/α,β-unsaturated/α-hetero) is 1. The molecule has 0 saturated carbocycles. The quantitative estimate of drug-likeness (QED) is 0.454. The largest absolute Gasteiger partial charge is 0.507 e. The van der Waals surface area contributed by atoms with E-state index in [0.717, 1.165) is 26.2 Å². The van der Waals surface area contributed by atoms with Gasteiger partial charge in [0.05, 0.1) is 32.5 Å². The van der Waals surface area contributed by atoms with Crippen LogP contribution in [0.15, 0.2) is 54.3 Å². The van der Waals surface area contributed by atoms with E-state index in [2.05, 4.69) is 21.9 Å². The molecule has 8 heteroatoms. The van der Waals surface area contributed by atoms with E-state index in [1.807, 2.05) is 25.1 Å². The number of anilines is 1. The summed E-state index contributed by atoms with van der Waals surface area (Å²) >= 11 is 0. The molecule has 3 aromatic carbocycles. The van der Waals surface area contributed by atoms with Gasteiger partial charge in [-0.3, -0.25) is 9.69 Å². The average Bonchev–Trinajstić information content (AvgIpc) is 3.27. The molecule has 198 valence electrons. The number of phenolic OH excluding ortho intramolecular Hbond substituents is 1. The lowest BCUT2D eigenvalue weighted by Gasteiger charge is -2.36. The van der Waals surface area contributed by atoms with Crippen molar-refractivity contribution in [1.82, 2.24) is 4.90 Å². The van der Waals surface area contributed by atoms with Crippen molar-refractivity contribution >= 4 is 17.5 Å². The molecule has 5 rings (SSSR count). The number of carbonyl (C=O) groups excluding carboxylic acids is 1. The second-order valence-corrected chi connectivity index (χ2v) is 9.38. The molecule has 8 nitrogen and oxygen atoms in total. The molecule has 1 fully saturated rings. The van der Waals surface area contributed by atoms with Crippen molar-refractivity contribution in [2.24, 2.45) is 0 Å². The topological polar surface area (TPSA) is 80.7 Å². The van der Waals surface area contributed by atoms with Crippen molar-refractivity contribution in [1.29, 1.82) is 0 Å². The minimum Gasteiger partial charge on any atom is -0.507 e. The summed E-state index contributed by atoms with van der Waals surface area (Å²) in [7, 11) is 4.65. The van der Waals surface area contributed by atoms with Crippen molar-refractivity contribution in [2.45, 2.75) is 13.5 Å². The Morgan fingerprint density at radius 2 is 1.58 bits per heavy atom. The molecule has 0 aliphatic carbocycles. The number of methoxy groups -OCH3 is 3. The van der Waals surface area contributed by atoms with Gasteiger partial charge in [0.1, 0.15) is 17.2 Å². The van der Waals surface area contributed by atoms with E-state index in [1.54, 1.807) is 45.6 Å². The van der Waals surface area contributed by atoms with Crippen LogP contribution in [-0.4, -0.2) is 63.3 Å². The third-order valence-corrected chi connectivity index (χ3v) is 7.12. The summed E-state index contributed by atoms with van der Waals surface area (Å²) < 4.78 is 22.5. The van der Waals surface area contributed by atoms with Crippen LogP contribution in [-0.2, 0) is 6.54 Å². The van der Waals surface area contributed by atoms with Gasteiger partial charge < -0.3 is 29.0 Å². The smallest absolute Gasteiger partial charge is 0.232 e. The Kier molecular flexibility index (Phi) is 7.15. The Morgan fingerprint density at radius 1 is 0.921 bits per heavy atom. The van der Waals surface area contributed by atoms with Gasteiger partial charge in [-0.2, -0.15) is 0 Å². The first-order valence-corrected chi connectivity index (χ1v) is 12.6. The SMILES string of the molecule is COc1cc(OC)c(OC)cc1/C=C1\Oc2c(CN3CCN(c4ccccc4)CC3)c(O)cc(C)c2C1=O. The average molecular weight is 517 g/mol. The highest BCUT2D eigenvalue weighted by Gasteiger charge is 2.34. The monoisotopic (exact) mass is 516 g/mol. The number of fused-ring (bicyclic) bond motifs is 1. The van der Waals surface area contributed by atoms with E-state index in [4.69, 9.17) is 18.9 Å². The maximum absolute atomic E-state index is 13.5. The van der Waals surface area contributed by atoms with Crippen LogP contribution < -0.4 is 23.8 Å². The molecule has 0 bridgehead atoms. The van der Waals surface area contributed by atoms with Crippen molar-refractivity contribution in [3.8, 4) is 28.7 Å². The van der Waals surface area contributed by atoms with E-state index in [1.165, 1.54) is 5.69 Å². The summed E-state index contributed by atoms with van der Waals surface area (Å²) in [5.41, 5.74) is 3.59. The second kappa shape index (κ2) is 10.7. The van der Waals surface area contributed by atoms with Crippen LogP contribution in [0.5, 0.6) is 28.7 Å². The number of benzene rings is 3. The molecular weight excluding hydrogens is 484 g/mol. The summed E-state index contributed by atoms with van der Waals surface area (Å²) in [6, 6.07) is 15.4. The molecule has 2 aliphatic heterocycles. The Labute approximate surface area is 222 Å². The molecule has 1 saturated heterocycles. The van der Waals surface area contributed by atoms with E-state index in [9.17, 15) is 9.90 Å². The molecule has 2 aliphatic rings. The van der Waals surface area contributed by atoms with Gasteiger partial charge in [0, 0.05) is 50.0 Å². The fourth-order valence-corrected chi connectivity index (χ4v) is 5.07. The van der Waals surface area contributed by atoms with Crippen LogP contribution in [0.1, 0.15) is 27.0 Å². The molecule has 3 aromatic rings. The molecule has 0 spiro atoms. The molecule has 0 radical (unpaired) electrons. The lowest BCUT2D eigenvalue weighted by atomic mass is 9.99. The highest BCUT2D eigenvalue weighted by molar-refractivity contribution is 6.16. The first kappa shape index (κ1) is 25.5. The standard InChI is InChI=1S/C30H32N2O6/c1-19-14-23(33)22(18-31-10-12-32(13-11-31)21-8-6-5-7-9-21)30-28(19)29(34)27(38-30)16-20-15-25(36-3)26(37-4)17-24(20)35-2/h5-9,14-17,33H,10-13,18H2,1-4H3/b27-16-. The van der Waals surface area contributed by atoms with Crippen LogP contribution in [0.4, 0.5) is 5.69 Å². The number of nitrogens with zero attached hydrogens (tertiary/aromatic N) is 2. The summed E-state index contributed by atoms with van der Waals surface area (Å²) in [6.45, 7) is 5.71. The summed E-state index contributed by atoms with van der Waals surface area (Å²) in [5.74, 6) is 2.02. The van der Waals surface area contributed by atoms with Crippen molar-refractivity contribution in [3.05, 3.63) is 76.5 Å². The van der Waals surface area contributed by atoms with E-state index in [0.29, 0.717) is 51.8 Å². The van der Waals surface area contributed by atoms with E-state index < -0.39 is 0 Å². The minimum absolute atomic E-state index is 0.129. The molecular formula is C30H32N2O6. The zero-order valence-electron chi connectivity index (χ0n) is 22.1. The summed E-state index contributed by atoms with van der Waals surface area (Å²) in [5, 5.41) is 10.9. The molecule has 0 amide bonds. The van der Waals surface area contributed by atoms with Gasteiger partial charge in [0.15, 0.2) is 17.3 Å². The van der Waals surface area contributed by atoms with Crippen LogP contribution in [0.3, 0.4) is 0 Å². The number of hydrogen-bond acceptors (Lipinski definition) is 8. The number of allylic oxidation sites excluding steroid dienone is 1. The number of carbonyl (C=O) groups is 1. The van der Waals surface area contributed by atoms with Gasteiger partial charge in [-0.05, 0) is 42.8 Å². The maximum atomic E-state index is 13.5. The number of phenols is 1. The van der Waals surface area contributed by atoms with Crippen LogP contribution in [0, 0.1) is 6.92 Å². The number of rotatable bonds is 7. The number of aromatic hydroxyl groups is 1. The Hall–Kier alpha value is -4.17. The highest BCUT2D eigenvalue weighted by atomic mass is 16.5. The Bertz CT molecular complexity index is 1380. The third kappa shape index (κ3) is 4.75. The molecule has 38 heavy (non-hydrogen) atoms. The number of ketones is 1. The normalized spacial score (nSPS) is 16.4. The van der Waals surface area contributed by atoms with Crippen LogP contribution in [0.2, 0.25) is 0 Å². The van der Waals surface area contributed by atoms with Gasteiger partial charge in [-0.25, -0.2) is 0 Å². The number of ether oxygens (including phenoxy) is 4. The molecule has 0 aromatic heterocycles. The predicted molar refractivity (Wildman–Crippen MR) is 146 cm³/mol. The number of piperazine rings is 1. The van der Waals surface area contributed by atoms with Crippen molar-refractivity contribution in [3.63, 3.8) is 0 Å². The van der Waals surface area contributed by atoms with Crippen LogP contribution >= 0.6 is 0 Å². The Morgan fingerprint density at radius 3 is 2.24 bits per heavy atom. The molecule has 1 N–H and O–H groups in total. The number of hydrogen-bond donors (Lipinski definition) is 1. The highest BCUT2D eigenvalue weighted by Crippen LogP contribution is 2.43. The minimum atomic E-state index is -0.232. The van der Waals surface area contributed by atoms with Gasteiger partial charge in [-0.15, -0.1) is 0 Å². The summed E-state index contributed by atoms with van der Waals surface area (Å²) in [6.07, 6.45) is 1.64. The first-order chi connectivity index (χ1) is 18.4. The van der Waals surface area contributed by atoms with Gasteiger partial charge >= 0.3 is 0 Å². The van der Waals surface area contributed by atoms with Gasteiger partial charge in [0.25, 0.3) is 0 Å². The molecule has 0 unspecified atom stereocenters. The second-order valence-electron chi connectivity index (χ2n) is 9.38. The zero-order valence-corrected chi connectivity index (χ0v) is 22.1. The molecule has 0 atom stereocenters. The van der Waals surface area contributed by atoms with E-state index in [-0.39, 0.29) is 17.3 Å². The Balaban J connectivity index is 1.41. The van der Waals surface area contributed by atoms with Gasteiger partial charge in [0.2, 0.25) is 5.78 Å². The lowest BCUT2D eigenvalue weighted by molar-refractivity contribution is 0.101. The maximum Gasteiger partial charge on any atom is 0.232 e. The van der Waals surface area contributed by atoms with Crippen molar-refractivity contribution in [2.75, 3.05) is 52.4 Å². The third-order valence-electron chi connectivity index (χ3n) is 7.12. The van der Waals surface area contributed by atoms with Crippen LogP contribution in [0.25, 0.3) is 6.08 Å². The first-order valence-electron chi connectivity index (χ1n) is 12.6. The van der Waals surface area contributed by atoms with Gasteiger partial charge in [-0.1, -0.05) is 18.2 Å². The van der Waals surface area contributed by atoms with E-state index >= 15 is 0 Å². The van der Waals surface area contributed by atoms with Crippen molar-refractivity contribution < 1.29 is 28.8 Å². The number of aryl methyl sites for hydroxylation is 1. The fraction of sp³-hybridized carbons (Fsp3) is 0.300. The summed E-state index contributed by atoms with van der Waals surface area (Å²) in [4.78, 5) is 18.1. The number of para-hydroxylation sites is 1. The fourth-order valence-electron chi connectivity index (χ4n) is 5.07. The lowest BCUT2D eigenvalue weighted by Crippen LogP contribution is -2.46. The predicted octanol–water partition coefficient (Wildman–Crippen LogP) is 4.66.